The monoisotopic (exact) mass is 395 g/mol. The average molecular weight is 396 g/mol. The predicted octanol–water partition coefficient (Wildman–Crippen LogP) is 1.72. The summed E-state index contributed by atoms with van der Waals surface area (Å²) in [6.07, 6.45) is 4.54. The summed E-state index contributed by atoms with van der Waals surface area (Å²) in [5, 5.41) is 12.0. The van der Waals surface area contributed by atoms with Gasteiger partial charge in [0.1, 0.15) is 6.04 Å². The molecule has 27 heavy (non-hydrogen) atoms. The van der Waals surface area contributed by atoms with E-state index >= 15 is 0 Å². The molecule has 2 amide bonds. The van der Waals surface area contributed by atoms with Crippen LogP contribution < -0.4 is 5.32 Å². The zero-order valence-electron chi connectivity index (χ0n) is 16.1. The van der Waals surface area contributed by atoms with Crippen LogP contribution >= 0.6 is 11.8 Å². The first-order chi connectivity index (χ1) is 13.0. The molecule has 0 spiro atoms. The molecule has 0 aromatic rings. The second-order valence-corrected chi connectivity index (χ2v) is 8.33. The molecule has 1 heterocycles. The van der Waals surface area contributed by atoms with Crippen molar-refractivity contribution in [3.63, 3.8) is 0 Å². The van der Waals surface area contributed by atoms with Crippen molar-refractivity contribution >= 4 is 29.4 Å². The van der Waals surface area contributed by atoms with E-state index in [1.165, 1.54) is 11.8 Å². The van der Waals surface area contributed by atoms with E-state index in [1.54, 1.807) is 4.90 Å². The van der Waals surface area contributed by atoms with Gasteiger partial charge >= 0.3 is 0 Å². The minimum absolute atomic E-state index is 0.00113. The van der Waals surface area contributed by atoms with Crippen molar-refractivity contribution in [3.05, 3.63) is 0 Å². The Kier molecular flexibility index (Phi) is 8.58. The van der Waals surface area contributed by atoms with Gasteiger partial charge in [-0.05, 0) is 33.1 Å². The average Bonchev–Trinajstić information content (AvgIpc) is 3.32. The second kappa shape index (κ2) is 10.7. The van der Waals surface area contributed by atoms with Crippen LogP contribution in [0.4, 0.5) is 0 Å². The van der Waals surface area contributed by atoms with Crippen LogP contribution in [0, 0.1) is 23.2 Å². The minimum atomic E-state index is -1.38. The highest BCUT2D eigenvalue weighted by atomic mass is 32.2. The van der Waals surface area contributed by atoms with Gasteiger partial charge in [-0.25, -0.2) is 0 Å². The van der Waals surface area contributed by atoms with Gasteiger partial charge in [0.25, 0.3) is 0 Å². The highest BCUT2D eigenvalue weighted by Crippen LogP contribution is 2.31. The molecule has 1 saturated carbocycles. The molecule has 2 atom stereocenters. The van der Waals surface area contributed by atoms with Crippen molar-refractivity contribution in [3.8, 4) is 6.07 Å². The molecule has 2 aliphatic rings. The number of rotatable bonds is 9. The largest absolute Gasteiger partial charge is 0.379 e. The first kappa shape index (κ1) is 21.7. The molecule has 8 heteroatoms. The molecule has 0 unspecified atom stereocenters. The summed E-state index contributed by atoms with van der Waals surface area (Å²) >= 11 is 1.50. The lowest BCUT2D eigenvalue weighted by atomic mass is 9.97. The van der Waals surface area contributed by atoms with Gasteiger partial charge in [0.2, 0.25) is 11.8 Å². The molecule has 7 nitrogen and oxygen atoms in total. The van der Waals surface area contributed by atoms with E-state index in [0.717, 1.165) is 25.7 Å². The number of thioether (sulfide) groups is 1. The third-order valence-corrected chi connectivity index (χ3v) is 5.96. The Morgan fingerprint density at radius 1 is 1.30 bits per heavy atom. The molecule has 1 aliphatic heterocycles. The summed E-state index contributed by atoms with van der Waals surface area (Å²) in [7, 11) is 0. The highest BCUT2D eigenvalue weighted by molar-refractivity contribution is 7.99. The lowest BCUT2D eigenvalue weighted by Gasteiger charge is -2.26. The van der Waals surface area contributed by atoms with Crippen molar-refractivity contribution in [2.45, 2.75) is 58.1 Å². The molecule has 1 saturated heterocycles. The quantitative estimate of drug-likeness (QED) is 0.471. The SMILES string of the molecule is CC(C)OCCCNC(=O)[C@@H](C#N)C(=O)[C@@H]1CSCN1C(=O)C1CCCC1. The molecule has 0 bridgehead atoms. The fourth-order valence-corrected chi connectivity index (χ4v) is 4.63. The smallest absolute Gasteiger partial charge is 0.245 e. The number of nitriles is 1. The summed E-state index contributed by atoms with van der Waals surface area (Å²) in [6.45, 7) is 4.72. The number of hydrogen-bond acceptors (Lipinski definition) is 6. The van der Waals surface area contributed by atoms with Crippen molar-refractivity contribution in [2.24, 2.45) is 11.8 Å². The standard InChI is InChI=1S/C19H29N3O4S/c1-13(2)26-9-5-8-21-18(24)15(10-20)17(23)16-11-27-12-22(16)19(25)14-6-3-4-7-14/h13-16H,3-9,11-12H2,1-2H3,(H,21,24)/t15-,16-/m0/s1. The minimum Gasteiger partial charge on any atom is -0.379 e. The van der Waals surface area contributed by atoms with Crippen LogP contribution in [0.25, 0.3) is 0 Å². The Morgan fingerprint density at radius 2 is 2.00 bits per heavy atom. The number of nitrogens with one attached hydrogen (secondary N) is 1. The van der Waals surface area contributed by atoms with Gasteiger partial charge in [0, 0.05) is 24.8 Å². The molecule has 150 valence electrons. The van der Waals surface area contributed by atoms with Crippen molar-refractivity contribution < 1.29 is 19.1 Å². The third kappa shape index (κ3) is 5.94. The number of ether oxygens (including phenoxy) is 1. The molecule has 0 radical (unpaired) electrons. The molecule has 1 aliphatic carbocycles. The summed E-state index contributed by atoms with van der Waals surface area (Å²) in [6, 6.07) is 1.15. The maximum atomic E-state index is 12.8. The number of carbonyl (C=O) groups is 3. The number of amides is 2. The molecule has 2 rings (SSSR count). The Hall–Kier alpha value is -1.59. The van der Waals surface area contributed by atoms with E-state index in [2.05, 4.69) is 5.32 Å². The van der Waals surface area contributed by atoms with Crippen molar-refractivity contribution in [1.82, 2.24) is 10.2 Å². The third-order valence-electron chi connectivity index (χ3n) is 4.95. The maximum absolute atomic E-state index is 12.8. The van der Waals surface area contributed by atoms with Crippen LogP contribution in [-0.4, -0.2) is 59.4 Å². The van der Waals surface area contributed by atoms with Crippen molar-refractivity contribution in [2.75, 3.05) is 24.8 Å². The van der Waals surface area contributed by atoms with Gasteiger partial charge in [0.05, 0.1) is 18.0 Å². The Balaban J connectivity index is 1.89. The Labute approximate surface area is 165 Å². The summed E-state index contributed by atoms with van der Waals surface area (Å²) in [4.78, 5) is 39.4. The van der Waals surface area contributed by atoms with Gasteiger partial charge in [-0.3, -0.25) is 14.4 Å². The molecule has 0 aromatic carbocycles. The zero-order chi connectivity index (χ0) is 19.8. The normalized spacial score (nSPS) is 21.3. The number of carbonyl (C=O) groups excluding carboxylic acids is 3. The lowest BCUT2D eigenvalue weighted by Crippen LogP contribution is -2.49. The fraction of sp³-hybridized carbons (Fsp3) is 0.789. The van der Waals surface area contributed by atoms with Gasteiger partial charge in [-0.1, -0.05) is 12.8 Å². The first-order valence-corrected chi connectivity index (χ1v) is 10.8. The van der Waals surface area contributed by atoms with Crippen molar-refractivity contribution in [1.29, 1.82) is 5.26 Å². The molecular formula is C19H29N3O4S. The molecule has 1 N–H and O–H groups in total. The summed E-state index contributed by atoms with van der Waals surface area (Å²) in [5.74, 6) is -1.54. The van der Waals surface area contributed by atoms with E-state index in [4.69, 9.17) is 4.74 Å². The summed E-state index contributed by atoms with van der Waals surface area (Å²) < 4.78 is 5.40. The zero-order valence-corrected chi connectivity index (χ0v) is 16.9. The Morgan fingerprint density at radius 3 is 2.63 bits per heavy atom. The Bertz CT molecular complexity index is 584. The van der Waals surface area contributed by atoms with E-state index in [-0.39, 0.29) is 17.9 Å². The molecular weight excluding hydrogens is 366 g/mol. The number of ketones is 1. The number of nitrogens with zero attached hydrogens (tertiary/aromatic N) is 2. The van der Waals surface area contributed by atoms with Gasteiger partial charge < -0.3 is 15.0 Å². The van der Waals surface area contributed by atoms with Crippen LogP contribution in [0.1, 0.15) is 46.0 Å². The first-order valence-electron chi connectivity index (χ1n) is 9.66. The highest BCUT2D eigenvalue weighted by Gasteiger charge is 2.42. The van der Waals surface area contributed by atoms with E-state index in [9.17, 15) is 19.6 Å². The van der Waals surface area contributed by atoms with E-state index in [1.807, 2.05) is 19.9 Å². The second-order valence-electron chi connectivity index (χ2n) is 7.33. The van der Waals surface area contributed by atoms with E-state index < -0.39 is 23.7 Å². The van der Waals surface area contributed by atoms with Crippen LogP contribution in [-0.2, 0) is 19.1 Å². The number of hydrogen-bond donors (Lipinski definition) is 1. The topological polar surface area (TPSA) is 99.5 Å². The predicted molar refractivity (Wildman–Crippen MR) is 103 cm³/mol. The van der Waals surface area contributed by atoms with Crippen LogP contribution in [0.3, 0.4) is 0 Å². The van der Waals surface area contributed by atoms with Gasteiger partial charge in [-0.15, -0.1) is 11.8 Å². The van der Waals surface area contributed by atoms with Gasteiger partial charge in [-0.2, -0.15) is 5.26 Å². The maximum Gasteiger partial charge on any atom is 0.245 e. The molecule has 0 aromatic heterocycles. The molecule has 2 fully saturated rings. The van der Waals surface area contributed by atoms with Crippen LogP contribution in [0.2, 0.25) is 0 Å². The fourth-order valence-electron chi connectivity index (χ4n) is 3.45. The lowest BCUT2D eigenvalue weighted by molar-refractivity contribution is -0.143. The van der Waals surface area contributed by atoms with Gasteiger partial charge in [0.15, 0.2) is 11.7 Å². The van der Waals surface area contributed by atoms with Crippen LogP contribution in [0.15, 0.2) is 0 Å². The van der Waals surface area contributed by atoms with Crippen LogP contribution in [0.5, 0.6) is 0 Å². The number of Topliss-reactive ketones (excluding diaryl/α,β-unsaturated/α-hetero) is 1. The van der Waals surface area contributed by atoms with E-state index in [0.29, 0.717) is 31.2 Å². The summed E-state index contributed by atoms with van der Waals surface area (Å²) in [5.41, 5.74) is 0.